The summed E-state index contributed by atoms with van der Waals surface area (Å²) in [4.78, 5) is 21.9. The summed E-state index contributed by atoms with van der Waals surface area (Å²) in [6.45, 7) is 5.65. The molecule has 4 rings (SSSR count). The van der Waals surface area contributed by atoms with Crippen LogP contribution in [0.3, 0.4) is 0 Å². The number of hydrogen-bond acceptors (Lipinski definition) is 4. The molecular formula is C21H28N4O. The second-order valence-corrected chi connectivity index (χ2v) is 7.55. The van der Waals surface area contributed by atoms with Crippen molar-refractivity contribution in [2.75, 3.05) is 31.1 Å². The van der Waals surface area contributed by atoms with Crippen molar-refractivity contribution >= 4 is 22.6 Å². The predicted octanol–water partition coefficient (Wildman–Crippen LogP) is 2.80. The number of para-hydroxylation sites is 1. The fraction of sp³-hybridized carbons (Fsp3) is 0.524. The Labute approximate surface area is 155 Å². The number of carbonyl (C=O) groups excluding carboxylic acids is 1. The molecular weight excluding hydrogens is 324 g/mol. The van der Waals surface area contributed by atoms with E-state index < -0.39 is 0 Å². The number of amides is 1. The lowest BCUT2D eigenvalue weighted by Crippen LogP contribution is -2.55. The second-order valence-electron chi connectivity index (χ2n) is 7.55. The van der Waals surface area contributed by atoms with E-state index in [0.29, 0.717) is 6.04 Å². The summed E-state index contributed by atoms with van der Waals surface area (Å²) < 4.78 is 0. The number of carbonyl (C=O) groups is 1. The Balaban J connectivity index is 1.34. The number of benzene rings is 1. The third-order valence-corrected chi connectivity index (χ3v) is 5.85. The Morgan fingerprint density at radius 3 is 2.58 bits per heavy atom. The van der Waals surface area contributed by atoms with Crippen molar-refractivity contribution < 1.29 is 4.79 Å². The minimum absolute atomic E-state index is 0.0534. The molecule has 2 aromatic rings. The van der Waals surface area contributed by atoms with E-state index in [9.17, 15) is 4.79 Å². The van der Waals surface area contributed by atoms with Crippen molar-refractivity contribution in [3.8, 4) is 0 Å². The quantitative estimate of drug-likeness (QED) is 0.919. The highest BCUT2D eigenvalue weighted by molar-refractivity contribution is 5.82. The van der Waals surface area contributed by atoms with Gasteiger partial charge in [-0.05, 0) is 38.0 Å². The molecule has 1 atom stereocenters. The first-order valence-corrected chi connectivity index (χ1v) is 9.86. The molecule has 0 spiro atoms. The number of piperazine rings is 1. The number of nitrogens with one attached hydrogen (secondary N) is 1. The Morgan fingerprint density at radius 1 is 1.08 bits per heavy atom. The van der Waals surface area contributed by atoms with Crippen LogP contribution in [-0.2, 0) is 4.79 Å². The van der Waals surface area contributed by atoms with Crippen molar-refractivity contribution in [3.63, 3.8) is 0 Å². The van der Waals surface area contributed by atoms with E-state index in [4.69, 9.17) is 4.98 Å². The lowest BCUT2D eigenvalue weighted by atomic mass is 10.1. The maximum absolute atomic E-state index is 12.5. The van der Waals surface area contributed by atoms with Crippen LogP contribution in [-0.4, -0.2) is 54.1 Å². The lowest BCUT2D eigenvalue weighted by molar-refractivity contribution is -0.126. The van der Waals surface area contributed by atoms with Gasteiger partial charge < -0.3 is 10.2 Å². The molecule has 1 aromatic carbocycles. The van der Waals surface area contributed by atoms with Crippen LogP contribution >= 0.6 is 0 Å². The summed E-state index contributed by atoms with van der Waals surface area (Å²) in [7, 11) is 0. The minimum atomic E-state index is -0.0534. The van der Waals surface area contributed by atoms with E-state index in [1.807, 2.05) is 19.1 Å². The molecule has 5 nitrogen and oxygen atoms in total. The molecule has 1 unspecified atom stereocenters. The van der Waals surface area contributed by atoms with Crippen molar-refractivity contribution in [2.24, 2.45) is 0 Å². The summed E-state index contributed by atoms with van der Waals surface area (Å²) in [5, 5.41) is 4.41. The molecule has 26 heavy (non-hydrogen) atoms. The first-order chi connectivity index (χ1) is 12.7. The zero-order valence-electron chi connectivity index (χ0n) is 15.5. The fourth-order valence-electron chi connectivity index (χ4n) is 4.13. The number of pyridine rings is 1. The molecule has 2 fully saturated rings. The molecule has 5 heteroatoms. The molecule has 1 amide bonds. The van der Waals surface area contributed by atoms with Crippen LogP contribution in [0.4, 0.5) is 5.82 Å². The molecule has 1 aromatic heterocycles. The molecule has 1 aliphatic heterocycles. The molecule has 2 heterocycles. The molecule has 138 valence electrons. The van der Waals surface area contributed by atoms with Crippen molar-refractivity contribution in [2.45, 2.75) is 44.7 Å². The first kappa shape index (κ1) is 17.3. The molecule has 1 saturated carbocycles. The van der Waals surface area contributed by atoms with Gasteiger partial charge in [-0.2, -0.15) is 0 Å². The maximum Gasteiger partial charge on any atom is 0.237 e. The molecule has 1 N–H and O–H groups in total. The largest absolute Gasteiger partial charge is 0.354 e. The van der Waals surface area contributed by atoms with Gasteiger partial charge in [-0.3, -0.25) is 9.69 Å². The number of hydrogen-bond donors (Lipinski definition) is 1. The predicted molar refractivity (Wildman–Crippen MR) is 105 cm³/mol. The molecule has 0 radical (unpaired) electrons. The van der Waals surface area contributed by atoms with Gasteiger partial charge in [0.2, 0.25) is 5.91 Å². The normalized spacial score (nSPS) is 20.4. The standard InChI is InChI=1S/C21H28N4O/c1-16(21(26)22-18-7-3-4-8-18)24-12-14-25(15-13-24)20-11-10-17-6-2-5-9-19(17)23-20/h2,5-6,9-11,16,18H,3-4,7-8,12-15H2,1H3,(H,22,26). The van der Waals surface area contributed by atoms with E-state index in [0.717, 1.165) is 50.4 Å². The van der Waals surface area contributed by atoms with Gasteiger partial charge in [0.15, 0.2) is 0 Å². The Bertz CT molecular complexity index is 763. The SMILES string of the molecule is CC(C(=O)NC1CCCC1)N1CCN(c2ccc3ccccc3n2)CC1. The third kappa shape index (κ3) is 3.68. The monoisotopic (exact) mass is 352 g/mol. The second kappa shape index (κ2) is 7.62. The summed E-state index contributed by atoms with van der Waals surface area (Å²) in [5.41, 5.74) is 1.04. The van der Waals surface area contributed by atoms with Crippen LogP contribution in [0.1, 0.15) is 32.6 Å². The third-order valence-electron chi connectivity index (χ3n) is 5.85. The summed E-state index contributed by atoms with van der Waals surface area (Å²) in [6, 6.07) is 12.8. The Morgan fingerprint density at radius 2 is 1.81 bits per heavy atom. The molecule has 0 bridgehead atoms. The van der Waals surface area contributed by atoms with E-state index in [-0.39, 0.29) is 11.9 Å². The van der Waals surface area contributed by atoms with Crippen molar-refractivity contribution in [1.82, 2.24) is 15.2 Å². The van der Waals surface area contributed by atoms with Crippen LogP contribution in [0.25, 0.3) is 10.9 Å². The first-order valence-electron chi connectivity index (χ1n) is 9.86. The molecule has 2 aliphatic rings. The van der Waals surface area contributed by atoms with Crippen LogP contribution < -0.4 is 10.2 Å². The Kier molecular flexibility index (Phi) is 5.07. The van der Waals surface area contributed by atoms with Gasteiger partial charge in [-0.15, -0.1) is 0 Å². The average Bonchev–Trinajstić information content (AvgIpc) is 3.20. The number of nitrogens with zero attached hydrogens (tertiary/aromatic N) is 3. The average molecular weight is 352 g/mol. The van der Waals surface area contributed by atoms with Gasteiger partial charge in [0, 0.05) is 37.6 Å². The van der Waals surface area contributed by atoms with Gasteiger partial charge >= 0.3 is 0 Å². The number of anilines is 1. The number of rotatable bonds is 4. The maximum atomic E-state index is 12.5. The van der Waals surface area contributed by atoms with Crippen molar-refractivity contribution in [1.29, 1.82) is 0 Å². The van der Waals surface area contributed by atoms with Crippen LogP contribution in [0.5, 0.6) is 0 Å². The Hall–Kier alpha value is -2.14. The topological polar surface area (TPSA) is 48.5 Å². The smallest absolute Gasteiger partial charge is 0.237 e. The highest BCUT2D eigenvalue weighted by atomic mass is 16.2. The summed E-state index contributed by atoms with van der Waals surface area (Å²) in [6.07, 6.45) is 4.77. The fourth-order valence-corrected chi connectivity index (χ4v) is 4.13. The zero-order valence-corrected chi connectivity index (χ0v) is 15.5. The highest BCUT2D eigenvalue weighted by Crippen LogP contribution is 2.21. The van der Waals surface area contributed by atoms with Crippen molar-refractivity contribution in [3.05, 3.63) is 36.4 Å². The van der Waals surface area contributed by atoms with E-state index in [1.165, 1.54) is 18.2 Å². The van der Waals surface area contributed by atoms with Gasteiger partial charge in [0.05, 0.1) is 11.6 Å². The molecule has 1 aliphatic carbocycles. The molecule has 1 saturated heterocycles. The zero-order chi connectivity index (χ0) is 17.9. The van der Waals surface area contributed by atoms with Gasteiger partial charge in [0.1, 0.15) is 5.82 Å². The van der Waals surface area contributed by atoms with Gasteiger partial charge in [-0.1, -0.05) is 31.0 Å². The number of fused-ring (bicyclic) bond motifs is 1. The minimum Gasteiger partial charge on any atom is -0.354 e. The lowest BCUT2D eigenvalue weighted by Gasteiger charge is -2.38. The van der Waals surface area contributed by atoms with Crippen LogP contribution in [0.2, 0.25) is 0 Å². The van der Waals surface area contributed by atoms with Crippen LogP contribution in [0, 0.1) is 0 Å². The number of aromatic nitrogens is 1. The van der Waals surface area contributed by atoms with Gasteiger partial charge in [-0.25, -0.2) is 4.98 Å². The van der Waals surface area contributed by atoms with E-state index in [1.54, 1.807) is 0 Å². The summed E-state index contributed by atoms with van der Waals surface area (Å²) >= 11 is 0. The van der Waals surface area contributed by atoms with Gasteiger partial charge in [0.25, 0.3) is 0 Å². The van der Waals surface area contributed by atoms with E-state index >= 15 is 0 Å². The summed E-state index contributed by atoms with van der Waals surface area (Å²) in [5.74, 6) is 1.22. The van der Waals surface area contributed by atoms with E-state index in [2.05, 4.69) is 39.4 Å². The van der Waals surface area contributed by atoms with Crippen LogP contribution in [0.15, 0.2) is 36.4 Å². The highest BCUT2D eigenvalue weighted by Gasteiger charge is 2.28.